The normalized spacial score (nSPS) is 12.8. The first-order valence-electron chi connectivity index (χ1n) is 6.71. The Kier molecular flexibility index (Phi) is 3.11. The molecule has 1 aliphatic rings. The minimum atomic E-state index is 0.231. The number of rotatable bonds is 3. The Hall–Kier alpha value is -2.35. The van der Waals surface area contributed by atoms with Gasteiger partial charge in [-0.3, -0.25) is 4.68 Å². The number of halogens is 1. The van der Waals surface area contributed by atoms with Gasteiger partial charge in [0, 0.05) is 18.3 Å². The van der Waals surface area contributed by atoms with Crippen molar-refractivity contribution in [1.29, 1.82) is 0 Å². The molecule has 1 aromatic carbocycles. The molecule has 0 radical (unpaired) electrons. The molecule has 0 saturated heterocycles. The summed E-state index contributed by atoms with van der Waals surface area (Å²) in [7, 11) is 0. The molecule has 0 saturated carbocycles. The van der Waals surface area contributed by atoms with Crippen molar-refractivity contribution in [2.24, 2.45) is 0 Å². The van der Waals surface area contributed by atoms with Crippen molar-refractivity contribution in [1.82, 2.24) is 20.0 Å². The number of fused-ring (bicyclic) bond motifs is 1. The molecule has 0 atom stereocenters. The first kappa shape index (κ1) is 13.3. The maximum atomic E-state index is 5.73. The molecule has 3 aromatic rings. The quantitative estimate of drug-likeness (QED) is 0.712. The molecule has 7 nitrogen and oxygen atoms in total. The molecule has 0 fully saturated rings. The van der Waals surface area contributed by atoms with Crippen LogP contribution in [0.2, 0.25) is 0 Å². The summed E-state index contributed by atoms with van der Waals surface area (Å²) in [5, 5.41) is 12.5. The number of aryl methyl sites for hydroxylation is 1. The topological polar surface area (TPSA) is 75.2 Å². The summed E-state index contributed by atoms with van der Waals surface area (Å²) in [5.74, 6) is 2.17. The number of hydrogen-bond donors (Lipinski definition) is 0. The molecule has 1 aliphatic heterocycles. The van der Waals surface area contributed by atoms with Gasteiger partial charge < -0.3 is 13.9 Å². The lowest BCUT2D eigenvalue weighted by atomic mass is 10.2. The van der Waals surface area contributed by atoms with Gasteiger partial charge in [-0.2, -0.15) is 5.10 Å². The molecule has 0 aliphatic carbocycles. The minimum absolute atomic E-state index is 0.231. The van der Waals surface area contributed by atoms with Crippen LogP contribution < -0.4 is 9.47 Å². The van der Waals surface area contributed by atoms with Crippen LogP contribution in [0.25, 0.3) is 23.0 Å². The SMILES string of the molecule is CCn1cc(Br)c(-c2nnc(-c3ccc4c(c3)OCO4)o2)n1. The van der Waals surface area contributed by atoms with Crippen LogP contribution >= 0.6 is 15.9 Å². The van der Waals surface area contributed by atoms with Gasteiger partial charge in [-0.25, -0.2) is 0 Å². The number of aromatic nitrogens is 4. The van der Waals surface area contributed by atoms with Crippen LogP contribution in [-0.4, -0.2) is 26.8 Å². The molecule has 4 rings (SSSR count). The van der Waals surface area contributed by atoms with Gasteiger partial charge >= 0.3 is 0 Å². The fourth-order valence-corrected chi connectivity index (χ4v) is 2.65. The minimum Gasteiger partial charge on any atom is -0.454 e. The van der Waals surface area contributed by atoms with Gasteiger partial charge in [-0.05, 0) is 41.1 Å². The number of hydrogen-bond acceptors (Lipinski definition) is 6. The highest BCUT2D eigenvalue weighted by Crippen LogP contribution is 2.36. The van der Waals surface area contributed by atoms with Crippen molar-refractivity contribution >= 4 is 15.9 Å². The maximum Gasteiger partial charge on any atom is 0.269 e. The summed E-state index contributed by atoms with van der Waals surface area (Å²) >= 11 is 3.45. The van der Waals surface area contributed by atoms with E-state index in [0.29, 0.717) is 29.0 Å². The molecule has 3 heterocycles. The highest BCUT2D eigenvalue weighted by molar-refractivity contribution is 9.10. The van der Waals surface area contributed by atoms with Crippen molar-refractivity contribution in [3.8, 4) is 34.5 Å². The van der Waals surface area contributed by atoms with Crippen LogP contribution in [0, 0.1) is 0 Å². The first-order chi connectivity index (χ1) is 10.7. The molecule has 0 spiro atoms. The second kappa shape index (κ2) is 5.13. The molecule has 0 N–H and O–H groups in total. The highest BCUT2D eigenvalue weighted by Gasteiger charge is 2.19. The second-order valence-electron chi connectivity index (χ2n) is 4.66. The summed E-state index contributed by atoms with van der Waals surface area (Å²) in [6.45, 7) is 3.01. The van der Waals surface area contributed by atoms with Gasteiger partial charge in [-0.1, -0.05) is 0 Å². The van der Waals surface area contributed by atoms with Crippen molar-refractivity contribution in [3.05, 3.63) is 28.9 Å². The predicted molar refractivity (Wildman–Crippen MR) is 80.5 cm³/mol. The van der Waals surface area contributed by atoms with E-state index in [-0.39, 0.29) is 6.79 Å². The molecule has 0 amide bonds. The zero-order valence-electron chi connectivity index (χ0n) is 11.6. The van der Waals surface area contributed by atoms with Crippen LogP contribution in [0.4, 0.5) is 0 Å². The summed E-state index contributed by atoms with van der Waals surface area (Å²) in [4.78, 5) is 0. The summed E-state index contributed by atoms with van der Waals surface area (Å²) in [6.07, 6.45) is 1.87. The van der Waals surface area contributed by atoms with Crippen molar-refractivity contribution in [3.63, 3.8) is 0 Å². The third-order valence-electron chi connectivity index (χ3n) is 3.29. The van der Waals surface area contributed by atoms with Crippen LogP contribution in [0.5, 0.6) is 11.5 Å². The Bertz CT molecular complexity index is 842. The number of benzene rings is 1. The summed E-state index contributed by atoms with van der Waals surface area (Å²) in [5.41, 5.74) is 1.40. The van der Waals surface area contributed by atoms with Gasteiger partial charge in [0.2, 0.25) is 12.7 Å². The molecule has 8 heteroatoms. The highest BCUT2D eigenvalue weighted by atomic mass is 79.9. The zero-order chi connectivity index (χ0) is 15.1. The number of nitrogens with zero attached hydrogens (tertiary/aromatic N) is 4. The van der Waals surface area contributed by atoms with Gasteiger partial charge in [0.1, 0.15) is 0 Å². The van der Waals surface area contributed by atoms with E-state index in [9.17, 15) is 0 Å². The third kappa shape index (κ3) is 2.16. The van der Waals surface area contributed by atoms with Gasteiger partial charge in [0.15, 0.2) is 17.2 Å². The van der Waals surface area contributed by atoms with Gasteiger partial charge in [0.25, 0.3) is 5.89 Å². The van der Waals surface area contributed by atoms with Crippen LogP contribution in [0.15, 0.2) is 33.3 Å². The fraction of sp³-hybridized carbons (Fsp3) is 0.214. The number of ether oxygens (including phenoxy) is 2. The lowest BCUT2D eigenvalue weighted by molar-refractivity contribution is 0.174. The zero-order valence-corrected chi connectivity index (χ0v) is 13.2. The summed E-state index contributed by atoms with van der Waals surface area (Å²) in [6, 6.07) is 5.49. The van der Waals surface area contributed by atoms with E-state index in [0.717, 1.165) is 16.6 Å². The van der Waals surface area contributed by atoms with E-state index in [1.54, 1.807) is 4.68 Å². The Morgan fingerprint density at radius 3 is 2.82 bits per heavy atom. The predicted octanol–water partition coefficient (Wildman–Crippen LogP) is 3.11. The Morgan fingerprint density at radius 1 is 1.18 bits per heavy atom. The van der Waals surface area contributed by atoms with E-state index in [1.807, 2.05) is 31.3 Å². The van der Waals surface area contributed by atoms with Crippen molar-refractivity contribution in [2.75, 3.05) is 6.79 Å². The summed E-state index contributed by atoms with van der Waals surface area (Å²) < 4.78 is 19.0. The van der Waals surface area contributed by atoms with Gasteiger partial charge in [0.05, 0.1) is 4.47 Å². The molecular formula is C14H11BrN4O3. The molecule has 112 valence electrons. The van der Waals surface area contributed by atoms with E-state index >= 15 is 0 Å². The van der Waals surface area contributed by atoms with Gasteiger partial charge in [-0.15, -0.1) is 10.2 Å². The first-order valence-corrected chi connectivity index (χ1v) is 7.50. The van der Waals surface area contributed by atoms with Crippen LogP contribution in [0.1, 0.15) is 6.92 Å². The van der Waals surface area contributed by atoms with E-state index < -0.39 is 0 Å². The fourth-order valence-electron chi connectivity index (χ4n) is 2.17. The van der Waals surface area contributed by atoms with Crippen LogP contribution in [-0.2, 0) is 6.54 Å². The Morgan fingerprint density at radius 2 is 2.00 bits per heavy atom. The van der Waals surface area contributed by atoms with E-state index in [1.165, 1.54) is 0 Å². The molecular weight excluding hydrogens is 352 g/mol. The average molecular weight is 363 g/mol. The Labute approximate surface area is 134 Å². The lowest BCUT2D eigenvalue weighted by Crippen LogP contribution is -1.93. The smallest absolute Gasteiger partial charge is 0.269 e. The third-order valence-corrected chi connectivity index (χ3v) is 3.87. The Balaban J connectivity index is 1.70. The molecule has 22 heavy (non-hydrogen) atoms. The lowest BCUT2D eigenvalue weighted by Gasteiger charge is -1.97. The average Bonchev–Trinajstić information content (AvgIpc) is 3.24. The van der Waals surface area contributed by atoms with Crippen molar-refractivity contribution < 1.29 is 13.9 Å². The molecule has 2 aromatic heterocycles. The standard InChI is InChI=1S/C14H11BrN4O3/c1-2-19-6-9(15)12(18-19)14-17-16-13(22-14)8-3-4-10-11(5-8)21-7-20-10/h3-6H,2,7H2,1H3. The van der Waals surface area contributed by atoms with Crippen LogP contribution in [0.3, 0.4) is 0 Å². The van der Waals surface area contributed by atoms with E-state index in [4.69, 9.17) is 13.9 Å². The second-order valence-corrected chi connectivity index (χ2v) is 5.52. The molecule has 0 bridgehead atoms. The van der Waals surface area contributed by atoms with E-state index in [2.05, 4.69) is 31.2 Å². The maximum absolute atomic E-state index is 5.73. The van der Waals surface area contributed by atoms with Crippen molar-refractivity contribution in [2.45, 2.75) is 13.5 Å². The molecule has 0 unspecified atom stereocenters. The monoisotopic (exact) mass is 362 g/mol. The largest absolute Gasteiger partial charge is 0.454 e.